The number of urea groups is 1. The number of nitrogens with one attached hydrogen (secondary N) is 4. The molecule has 8 nitrogen and oxygen atoms in total. The van der Waals surface area contributed by atoms with E-state index < -0.39 is 0 Å². The van der Waals surface area contributed by atoms with E-state index in [1.165, 1.54) is 5.56 Å². The van der Waals surface area contributed by atoms with Crippen LogP contribution in [0.25, 0.3) is 10.9 Å². The summed E-state index contributed by atoms with van der Waals surface area (Å²) in [7, 11) is 0. The zero-order valence-corrected chi connectivity index (χ0v) is 19.3. The molecule has 2 heterocycles. The molecular formula is C26H32N6O2. The van der Waals surface area contributed by atoms with E-state index in [2.05, 4.69) is 43.2 Å². The number of benzene rings is 2. The lowest BCUT2D eigenvalue weighted by Crippen LogP contribution is -2.57. The van der Waals surface area contributed by atoms with Crippen LogP contribution in [0.3, 0.4) is 0 Å². The molecule has 0 unspecified atom stereocenters. The quantitative estimate of drug-likeness (QED) is 0.453. The smallest absolute Gasteiger partial charge is 0.319 e. The molecule has 1 saturated carbocycles. The van der Waals surface area contributed by atoms with E-state index in [1.54, 1.807) is 6.20 Å². The lowest BCUT2D eigenvalue weighted by molar-refractivity contribution is -0.125. The molecule has 1 aromatic heterocycles. The number of H-pyrrole nitrogens is 1. The molecule has 0 spiro atoms. The molecule has 5 rings (SSSR count). The zero-order chi connectivity index (χ0) is 23.3. The first-order valence-corrected chi connectivity index (χ1v) is 12.2. The highest BCUT2D eigenvalue weighted by Gasteiger charge is 2.31. The molecule has 3 atom stereocenters. The van der Waals surface area contributed by atoms with Crippen molar-refractivity contribution in [2.24, 2.45) is 5.92 Å². The van der Waals surface area contributed by atoms with Crippen molar-refractivity contribution >= 4 is 28.5 Å². The fourth-order valence-corrected chi connectivity index (χ4v) is 5.36. The van der Waals surface area contributed by atoms with Gasteiger partial charge in [0.05, 0.1) is 18.3 Å². The minimum absolute atomic E-state index is 0.0832. The molecule has 34 heavy (non-hydrogen) atoms. The third-order valence-electron chi connectivity index (χ3n) is 6.95. The van der Waals surface area contributed by atoms with Gasteiger partial charge in [-0.3, -0.25) is 14.8 Å². The van der Waals surface area contributed by atoms with Crippen LogP contribution in [0.1, 0.15) is 31.2 Å². The second-order valence-corrected chi connectivity index (χ2v) is 9.57. The molecule has 1 aliphatic heterocycles. The fourth-order valence-electron chi connectivity index (χ4n) is 5.36. The zero-order valence-electron chi connectivity index (χ0n) is 19.3. The van der Waals surface area contributed by atoms with Crippen LogP contribution in [0.4, 0.5) is 10.5 Å². The van der Waals surface area contributed by atoms with Crippen molar-refractivity contribution in [1.29, 1.82) is 0 Å². The van der Waals surface area contributed by atoms with Gasteiger partial charge in [0.1, 0.15) is 0 Å². The van der Waals surface area contributed by atoms with Gasteiger partial charge in [-0.25, -0.2) is 4.79 Å². The third-order valence-corrected chi connectivity index (χ3v) is 6.95. The highest BCUT2D eigenvalue weighted by atomic mass is 16.2. The maximum Gasteiger partial charge on any atom is 0.319 e. The van der Waals surface area contributed by atoms with Crippen molar-refractivity contribution in [3.8, 4) is 0 Å². The summed E-state index contributed by atoms with van der Waals surface area (Å²) < 4.78 is 0. The Hall–Kier alpha value is -3.39. The molecule has 1 aliphatic carbocycles. The largest absolute Gasteiger partial charge is 0.351 e. The lowest BCUT2D eigenvalue weighted by Gasteiger charge is -2.39. The molecule has 3 aromatic rings. The van der Waals surface area contributed by atoms with Crippen molar-refractivity contribution in [2.45, 2.75) is 44.2 Å². The van der Waals surface area contributed by atoms with E-state index in [4.69, 9.17) is 0 Å². The first-order valence-electron chi connectivity index (χ1n) is 12.2. The van der Waals surface area contributed by atoms with E-state index in [0.29, 0.717) is 12.5 Å². The van der Waals surface area contributed by atoms with Crippen molar-refractivity contribution in [3.63, 3.8) is 0 Å². The van der Waals surface area contributed by atoms with Gasteiger partial charge in [0.25, 0.3) is 0 Å². The number of anilines is 1. The molecule has 178 valence electrons. The Morgan fingerprint density at radius 2 is 1.97 bits per heavy atom. The minimum atomic E-state index is -0.182. The number of nitrogens with zero attached hydrogens (tertiary/aromatic N) is 2. The van der Waals surface area contributed by atoms with Crippen LogP contribution in [0.5, 0.6) is 0 Å². The number of carbonyl (C=O) groups excluding carboxylic acids is 2. The minimum Gasteiger partial charge on any atom is -0.351 e. The number of rotatable bonds is 6. The second-order valence-electron chi connectivity index (χ2n) is 9.57. The van der Waals surface area contributed by atoms with E-state index in [1.807, 2.05) is 36.4 Å². The molecule has 2 fully saturated rings. The van der Waals surface area contributed by atoms with Gasteiger partial charge in [0, 0.05) is 36.2 Å². The van der Waals surface area contributed by atoms with E-state index in [0.717, 1.165) is 61.8 Å². The average molecular weight is 461 g/mol. The Kier molecular flexibility index (Phi) is 6.76. The number of piperazine rings is 1. The van der Waals surface area contributed by atoms with Crippen LogP contribution >= 0.6 is 0 Å². The van der Waals surface area contributed by atoms with Crippen LogP contribution in [-0.2, 0) is 11.2 Å². The summed E-state index contributed by atoms with van der Waals surface area (Å²) in [6.45, 7) is 2.08. The number of amides is 3. The molecular weight excluding hydrogens is 428 g/mol. The third kappa shape index (κ3) is 5.56. The van der Waals surface area contributed by atoms with Gasteiger partial charge in [0.15, 0.2) is 0 Å². The normalized spacial score (nSPS) is 23.4. The van der Waals surface area contributed by atoms with Gasteiger partial charge in [-0.05, 0) is 48.9 Å². The molecule has 2 aliphatic rings. The first-order chi connectivity index (χ1) is 16.6. The van der Waals surface area contributed by atoms with Crippen molar-refractivity contribution < 1.29 is 9.59 Å². The highest BCUT2D eigenvalue weighted by Crippen LogP contribution is 2.26. The van der Waals surface area contributed by atoms with Crippen LogP contribution in [0, 0.1) is 5.92 Å². The second kappa shape index (κ2) is 10.3. The monoisotopic (exact) mass is 460 g/mol. The van der Waals surface area contributed by atoms with Gasteiger partial charge in [-0.15, -0.1) is 0 Å². The highest BCUT2D eigenvalue weighted by molar-refractivity contribution is 5.92. The fraction of sp³-hybridized carbons (Fsp3) is 0.423. The van der Waals surface area contributed by atoms with Gasteiger partial charge >= 0.3 is 6.03 Å². The number of hydrogen-bond donors (Lipinski definition) is 4. The number of carbonyl (C=O) groups is 2. The molecule has 3 amide bonds. The predicted molar refractivity (Wildman–Crippen MR) is 133 cm³/mol. The molecule has 2 aromatic carbocycles. The van der Waals surface area contributed by atoms with Crippen molar-refractivity contribution in [3.05, 3.63) is 60.3 Å². The molecule has 0 bridgehead atoms. The molecule has 1 saturated heterocycles. The summed E-state index contributed by atoms with van der Waals surface area (Å²) in [6.07, 6.45) is 6.88. The van der Waals surface area contributed by atoms with Gasteiger partial charge in [-0.1, -0.05) is 43.2 Å². The Morgan fingerprint density at radius 1 is 1.12 bits per heavy atom. The summed E-state index contributed by atoms with van der Waals surface area (Å²) in [5, 5.41) is 17.2. The van der Waals surface area contributed by atoms with E-state index >= 15 is 0 Å². The van der Waals surface area contributed by atoms with Crippen LogP contribution in [0.2, 0.25) is 0 Å². The Bertz CT molecular complexity index is 1130. The number of aromatic nitrogens is 2. The van der Waals surface area contributed by atoms with Gasteiger partial charge in [-0.2, -0.15) is 5.10 Å². The van der Waals surface area contributed by atoms with Crippen LogP contribution < -0.4 is 16.0 Å². The van der Waals surface area contributed by atoms with Gasteiger partial charge in [0.2, 0.25) is 5.91 Å². The SMILES string of the molecule is O=C1CN(C[C@@H]2CCCC[C@H]2NC(=O)Nc2ccc3[nH]ncc3c2)C[C@H](Cc2ccccc2)N1. The summed E-state index contributed by atoms with van der Waals surface area (Å²) in [5.74, 6) is 0.416. The molecule has 8 heteroatoms. The summed E-state index contributed by atoms with van der Waals surface area (Å²) >= 11 is 0. The van der Waals surface area contributed by atoms with E-state index in [-0.39, 0.29) is 24.0 Å². The average Bonchev–Trinajstić information content (AvgIpc) is 3.29. The summed E-state index contributed by atoms with van der Waals surface area (Å²) in [6, 6.07) is 16.0. The summed E-state index contributed by atoms with van der Waals surface area (Å²) in [4.78, 5) is 27.5. The Balaban J connectivity index is 1.18. The van der Waals surface area contributed by atoms with Crippen LogP contribution in [0.15, 0.2) is 54.7 Å². The van der Waals surface area contributed by atoms with E-state index in [9.17, 15) is 9.59 Å². The maximum atomic E-state index is 12.8. The molecule has 0 radical (unpaired) electrons. The Morgan fingerprint density at radius 3 is 2.85 bits per heavy atom. The summed E-state index contributed by atoms with van der Waals surface area (Å²) in [5.41, 5.74) is 2.92. The Labute approximate surface area is 199 Å². The maximum absolute atomic E-state index is 12.8. The number of fused-ring (bicyclic) bond motifs is 1. The standard InChI is InChI=1S/C26H32N6O2/c33-25-17-32(16-22(28-25)12-18-6-2-1-3-7-18)15-19-8-4-5-9-23(19)30-26(34)29-21-10-11-24-20(13-21)14-27-31-24/h1-3,6-7,10-11,13-14,19,22-23H,4-5,8-9,12,15-17H2,(H,27,31)(H,28,33)(H2,29,30,34)/t19-,22-,23+/m0/s1. The van der Waals surface area contributed by atoms with Crippen LogP contribution in [-0.4, -0.2) is 58.8 Å². The van der Waals surface area contributed by atoms with Crippen molar-refractivity contribution in [1.82, 2.24) is 25.7 Å². The topological polar surface area (TPSA) is 102 Å². The number of hydrogen-bond acceptors (Lipinski definition) is 4. The first kappa shape index (κ1) is 22.4. The molecule has 4 N–H and O–H groups in total. The predicted octanol–water partition coefficient (Wildman–Crippen LogP) is 3.29. The lowest BCUT2D eigenvalue weighted by atomic mass is 9.84. The van der Waals surface area contributed by atoms with Gasteiger partial charge < -0.3 is 16.0 Å². The van der Waals surface area contributed by atoms with Crippen molar-refractivity contribution in [2.75, 3.05) is 25.0 Å². The number of aromatic amines is 1.